The third-order valence-corrected chi connectivity index (χ3v) is 3.55. The number of nitrogens with one attached hydrogen (secondary N) is 2. The van der Waals surface area contributed by atoms with Crippen LogP contribution in [0.25, 0.3) is 0 Å². The van der Waals surface area contributed by atoms with E-state index in [1.807, 2.05) is 42.5 Å². The van der Waals surface area contributed by atoms with Gasteiger partial charge in [-0.2, -0.15) is 4.98 Å². The molecule has 2 N–H and O–H groups in total. The van der Waals surface area contributed by atoms with Gasteiger partial charge in [0.05, 0.1) is 0 Å². The Morgan fingerprint density at radius 1 is 0.909 bits per heavy atom. The number of anilines is 4. The first kappa shape index (κ1) is 14.5. The highest BCUT2D eigenvalue weighted by Gasteiger charge is 2.01. The van der Waals surface area contributed by atoms with Crippen molar-refractivity contribution in [3.8, 4) is 0 Å². The van der Waals surface area contributed by atoms with Crippen molar-refractivity contribution in [2.24, 2.45) is 0 Å². The third kappa shape index (κ3) is 3.83. The molecule has 0 spiro atoms. The summed E-state index contributed by atoms with van der Waals surface area (Å²) in [4.78, 5) is 8.71. The standard InChI is InChI=1S/C17H15BrN4/c1-12-5-7-14(8-6-12)20-16-9-10-19-17(22-16)21-15-4-2-3-13(18)11-15/h2-11H,1H3,(H2,19,20,21,22). The van der Waals surface area contributed by atoms with E-state index in [4.69, 9.17) is 0 Å². The van der Waals surface area contributed by atoms with Crippen molar-refractivity contribution >= 4 is 39.1 Å². The molecule has 0 aliphatic heterocycles. The van der Waals surface area contributed by atoms with Gasteiger partial charge in [0.2, 0.25) is 5.95 Å². The molecule has 0 aliphatic rings. The zero-order valence-corrected chi connectivity index (χ0v) is 13.6. The first-order chi connectivity index (χ1) is 10.7. The zero-order chi connectivity index (χ0) is 15.4. The van der Waals surface area contributed by atoms with Gasteiger partial charge in [-0.05, 0) is 43.3 Å². The molecule has 1 heterocycles. The summed E-state index contributed by atoms with van der Waals surface area (Å²) in [6.45, 7) is 2.06. The van der Waals surface area contributed by atoms with Crippen LogP contribution in [0.5, 0.6) is 0 Å². The van der Waals surface area contributed by atoms with Crippen LogP contribution in [-0.2, 0) is 0 Å². The number of rotatable bonds is 4. The van der Waals surface area contributed by atoms with Gasteiger partial charge in [-0.15, -0.1) is 0 Å². The van der Waals surface area contributed by atoms with Crippen molar-refractivity contribution in [1.82, 2.24) is 9.97 Å². The van der Waals surface area contributed by atoms with Crippen molar-refractivity contribution in [1.29, 1.82) is 0 Å². The number of aromatic nitrogens is 2. The Balaban J connectivity index is 1.76. The van der Waals surface area contributed by atoms with Crippen molar-refractivity contribution in [3.63, 3.8) is 0 Å². The molecule has 0 radical (unpaired) electrons. The van der Waals surface area contributed by atoms with E-state index in [2.05, 4.69) is 55.6 Å². The summed E-state index contributed by atoms with van der Waals surface area (Å²) in [6.07, 6.45) is 1.73. The molecule has 3 rings (SSSR count). The third-order valence-electron chi connectivity index (χ3n) is 3.06. The molecule has 2 aromatic carbocycles. The lowest BCUT2D eigenvalue weighted by Crippen LogP contribution is -2.00. The molecule has 0 saturated heterocycles. The number of aryl methyl sites for hydroxylation is 1. The molecule has 0 aliphatic carbocycles. The SMILES string of the molecule is Cc1ccc(Nc2ccnc(Nc3cccc(Br)c3)n2)cc1. The maximum absolute atomic E-state index is 4.47. The van der Waals surface area contributed by atoms with E-state index >= 15 is 0 Å². The summed E-state index contributed by atoms with van der Waals surface area (Å²) in [6, 6.07) is 17.9. The fraction of sp³-hybridized carbons (Fsp3) is 0.0588. The number of halogens is 1. The summed E-state index contributed by atoms with van der Waals surface area (Å²) in [7, 11) is 0. The van der Waals surface area contributed by atoms with E-state index in [1.165, 1.54) is 5.56 Å². The van der Waals surface area contributed by atoms with Crippen molar-refractivity contribution in [2.45, 2.75) is 6.92 Å². The molecular formula is C17H15BrN4. The zero-order valence-electron chi connectivity index (χ0n) is 12.0. The molecule has 4 nitrogen and oxygen atoms in total. The van der Waals surface area contributed by atoms with E-state index in [-0.39, 0.29) is 0 Å². The first-order valence-corrected chi connectivity index (χ1v) is 7.68. The average Bonchev–Trinajstić information content (AvgIpc) is 2.50. The number of hydrogen-bond acceptors (Lipinski definition) is 4. The van der Waals surface area contributed by atoms with E-state index < -0.39 is 0 Å². The molecule has 5 heteroatoms. The van der Waals surface area contributed by atoms with Crippen LogP contribution >= 0.6 is 15.9 Å². The van der Waals surface area contributed by atoms with Gasteiger partial charge in [0.1, 0.15) is 5.82 Å². The highest BCUT2D eigenvalue weighted by molar-refractivity contribution is 9.10. The molecule has 22 heavy (non-hydrogen) atoms. The van der Waals surface area contributed by atoms with Crippen molar-refractivity contribution < 1.29 is 0 Å². The Labute approximate surface area is 137 Å². The summed E-state index contributed by atoms with van der Waals surface area (Å²) in [5.74, 6) is 1.30. The van der Waals surface area contributed by atoms with Gasteiger partial charge in [0, 0.05) is 22.0 Å². The van der Waals surface area contributed by atoms with Crippen LogP contribution < -0.4 is 10.6 Å². The smallest absolute Gasteiger partial charge is 0.229 e. The summed E-state index contributed by atoms with van der Waals surface area (Å²) >= 11 is 3.45. The molecule has 0 saturated carbocycles. The van der Waals surface area contributed by atoms with Crippen LogP contribution in [0.2, 0.25) is 0 Å². The molecule has 0 bridgehead atoms. The molecule has 0 unspecified atom stereocenters. The number of benzene rings is 2. The molecule has 1 aromatic heterocycles. The quantitative estimate of drug-likeness (QED) is 0.689. The van der Waals surface area contributed by atoms with Gasteiger partial charge in [-0.3, -0.25) is 0 Å². The average molecular weight is 355 g/mol. The Morgan fingerprint density at radius 3 is 2.50 bits per heavy atom. The Kier molecular flexibility index (Phi) is 4.34. The second-order valence-electron chi connectivity index (χ2n) is 4.89. The predicted molar refractivity (Wildman–Crippen MR) is 93.9 cm³/mol. The fourth-order valence-electron chi connectivity index (χ4n) is 1.97. The van der Waals surface area contributed by atoms with Gasteiger partial charge in [-0.25, -0.2) is 4.98 Å². The lowest BCUT2D eigenvalue weighted by molar-refractivity contribution is 1.16. The lowest BCUT2D eigenvalue weighted by Gasteiger charge is -2.09. The maximum atomic E-state index is 4.47. The van der Waals surface area contributed by atoms with Gasteiger partial charge in [0.15, 0.2) is 0 Å². The number of nitrogens with zero attached hydrogens (tertiary/aromatic N) is 2. The largest absolute Gasteiger partial charge is 0.340 e. The molecule has 0 amide bonds. The minimum atomic E-state index is 0.551. The van der Waals surface area contributed by atoms with Crippen LogP contribution in [0.15, 0.2) is 65.3 Å². The Morgan fingerprint density at radius 2 is 1.73 bits per heavy atom. The number of hydrogen-bond donors (Lipinski definition) is 2. The highest BCUT2D eigenvalue weighted by Crippen LogP contribution is 2.20. The topological polar surface area (TPSA) is 49.8 Å². The monoisotopic (exact) mass is 354 g/mol. The summed E-state index contributed by atoms with van der Waals surface area (Å²) < 4.78 is 1.01. The van der Waals surface area contributed by atoms with Crippen LogP contribution in [0.1, 0.15) is 5.56 Å². The van der Waals surface area contributed by atoms with Crippen LogP contribution in [0.3, 0.4) is 0 Å². The van der Waals surface area contributed by atoms with E-state index in [0.717, 1.165) is 21.7 Å². The molecule has 110 valence electrons. The first-order valence-electron chi connectivity index (χ1n) is 6.88. The van der Waals surface area contributed by atoms with Crippen LogP contribution in [0.4, 0.5) is 23.1 Å². The summed E-state index contributed by atoms with van der Waals surface area (Å²) in [5, 5.41) is 6.46. The summed E-state index contributed by atoms with van der Waals surface area (Å²) in [5.41, 5.74) is 3.16. The molecule has 0 fully saturated rings. The minimum absolute atomic E-state index is 0.551. The molecule has 3 aromatic rings. The highest BCUT2D eigenvalue weighted by atomic mass is 79.9. The molecular weight excluding hydrogens is 340 g/mol. The van der Waals surface area contributed by atoms with Crippen LogP contribution in [0, 0.1) is 6.92 Å². The second kappa shape index (κ2) is 6.58. The second-order valence-corrected chi connectivity index (χ2v) is 5.81. The van der Waals surface area contributed by atoms with E-state index in [1.54, 1.807) is 6.20 Å². The Bertz CT molecular complexity index is 772. The van der Waals surface area contributed by atoms with Gasteiger partial charge >= 0.3 is 0 Å². The maximum Gasteiger partial charge on any atom is 0.229 e. The fourth-order valence-corrected chi connectivity index (χ4v) is 2.37. The van der Waals surface area contributed by atoms with Crippen LogP contribution in [-0.4, -0.2) is 9.97 Å². The normalized spacial score (nSPS) is 10.3. The predicted octanol–water partition coefficient (Wildman–Crippen LogP) is 5.03. The minimum Gasteiger partial charge on any atom is -0.340 e. The lowest BCUT2D eigenvalue weighted by atomic mass is 10.2. The van der Waals surface area contributed by atoms with E-state index in [9.17, 15) is 0 Å². The van der Waals surface area contributed by atoms with E-state index in [0.29, 0.717) is 5.95 Å². The molecule has 0 atom stereocenters. The van der Waals surface area contributed by atoms with Gasteiger partial charge in [-0.1, -0.05) is 39.7 Å². The van der Waals surface area contributed by atoms with Crippen molar-refractivity contribution in [2.75, 3.05) is 10.6 Å². The van der Waals surface area contributed by atoms with Gasteiger partial charge in [0.25, 0.3) is 0 Å². The Hall–Kier alpha value is -2.40. The van der Waals surface area contributed by atoms with Crippen molar-refractivity contribution in [3.05, 3.63) is 70.8 Å². The van der Waals surface area contributed by atoms with Gasteiger partial charge < -0.3 is 10.6 Å².